The van der Waals surface area contributed by atoms with Crippen LogP contribution in [0.1, 0.15) is 25.3 Å². The van der Waals surface area contributed by atoms with Crippen LogP contribution in [0.4, 0.5) is 0 Å². The van der Waals surface area contributed by atoms with E-state index in [1.165, 1.54) is 0 Å². The van der Waals surface area contributed by atoms with Crippen molar-refractivity contribution in [1.82, 2.24) is 4.98 Å². The summed E-state index contributed by atoms with van der Waals surface area (Å²) in [5, 5.41) is 9.12. The van der Waals surface area contributed by atoms with Gasteiger partial charge in [-0.2, -0.15) is 0 Å². The number of carboxylic acids is 1. The first kappa shape index (κ1) is 10.9. The number of carbonyl (C=O) groups is 1. The van der Waals surface area contributed by atoms with Gasteiger partial charge in [0.1, 0.15) is 0 Å². The van der Waals surface area contributed by atoms with Crippen molar-refractivity contribution >= 4 is 5.97 Å². The van der Waals surface area contributed by atoms with E-state index in [9.17, 15) is 4.79 Å². The molecule has 4 heteroatoms. The molecule has 0 spiro atoms. The molecule has 2 rings (SSSR count). The Labute approximate surface area is 94.3 Å². The number of rotatable bonds is 3. The molecule has 1 fully saturated rings. The van der Waals surface area contributed by atoms with Crippen LogP contribution in [0.3, 0.4) is 0 Å². The Morgan fingerprint density at radius 1 is 1.56 bits per heavy atom. The predicted octanol–water partition coefficient (Wildman–Crippen LogP) is 1.91. The molecule has 0 radical (unpaired) electrons. The van der Waals surface area contributed by atoms with Gasteiger partial charge in [-0.15, -0.1) is 0 Å². The van der Waals surface area contributed by atoms with Gasteiger partial charge in [-0.05, 0) is 11.5 Å². The smallest absolute Gasteiger partial charge is 0.307 e. The number of ether oxygens (including phenoxy) is 1. The fraction of sp³-hybridized carbons (Fsp3) is 0.500. The van der Waals surface area contributed by atoms with Gasteiger partial charge < -0.3 is 9.84 Å². The second-order valence-corrected chi connectivity index (χ2v) is 4.72. The van der Waals surface area contributed by atoms with Crippen molar-refractivity contribution in [2.24, 2.45) is 11.3 Å². The topological polar surface area (TPSA) is 59.4 Å². The molecule has 0 saturated heterocycles. The summed E-state index contributed by atoms with van der Waals surface area (Å²) in [6.45, 7) is 3.92. The minimum Gasteiger partial charge on any atom is -0.481 e. The minimum absolute atomic E-state index is 0.00588. The zero-order chi connectivity index (χ0) is 11.9. The first-order chi connectivity index (χ1) is 7.50. The van der Waals surface area contributed by atoms with Crippen molar-refractivity contribution < 1.29 is 14.6 Å². The molecule has 0 bridgehead atoms. The molecule has 0 aliphatic heterocycles. The highest BCUT2D eigenvalue weighted by atomic mass is 16.5. The predicted molar refractivity (Wildman–Crippen MR) is 58.4 cm³/mol. The average molecular weight is 221 g/mol. The van der Waals surface area contributed by atoms with Crippen LogP contribution in [0, 0.1) is 11.3 Å². The average Bonchev–Trinajstić information content (AvgIpc) is 2.81. The lowest BCUT2D eigenvalue weighted by Gasteiger charge is -2.07. The Morgan fingerprint density at radius 3 is 2.75 bits per heavy atom. The van der Waals surface area contributed by atoms with Crippen molar-refractivity contribution in [3.05, 3.63) is 23.9 Å². The minimum atomic E-state index is -0.749. The summed E-state index contributed by atoms with van der Waals surface area (Å²) in [4.78, 5) is 15.2. The number of pyridine rings is 1. The molecule has 2 atom stereocenters. The Bertz CT molecular complexity index is 428. The third-order valence-corrected chi connectivity index (χ3v) is 3.42. The van der Waals surface area contributed by atoms with Crippen molar-refractivity contribution in [2.75, 3.05) is 7.11 Å². The third-order valence-electron chi connectivity index (χ3n) is 3.42. The van der Waals surface area contributed by atoms with Crippen LogP contribution in [0.5, 0.6) is 5.88 Å². The molecule has 1 heterocycles. The number of nitrogens with zero attached hydrogens (tertiary/aromatic N) is 1. The van der Waals surface area contributed by atoms with E-state index in [4.69, 9.17) is 9.84 Å². The molecule has 16 heavy (non-hydrogen) atoms. The van der Waals surface area contributed by atoms with E-state index >= 15 is 0 Å². The summed E-state index contributed by atoms with van der Waals surface area (Å²) < 4.78 is 5.16. The van der Waals surface area contributed by atoms with Gasteiger partial charge in [0.25, 0.3) is 0 Å². The number of aromatic nitrogens is 1. The zero-order valence-corrected chi connectivity index (χ0v) is 9.60. The molecule has 0 amide bonds. The molecule has 1 aliphatic carbocycles. The summed E-state index contributed by atoms with van der Waals surface area (Å²) in [6, 6.07) is 3.70. The standard InChI is InChI=1S/C12H15NO3/c1-12(2)8(9(12)11(14)15)7-5-4-6-13-10(7)16-3/h4-6,8-9H,1-3H3,(H,14,15). The number of methoxy groups -OCH3 is 1. The van der Waals surface area contributed by atoms with Crippen molar-refractivity contribution in [2.45, 2.75) is 19.8 Å². The Morgan fingerprint density at radius 2 is 2.25 bits per heavy atom. The molecular formula is C12H15NO3. The quantitative estimate of drug-likeness (QED) is 0.847. The van der Waals surface area contributed by atoms with Crippen LogP contribution >= 0.6 is 0 Å². The summed E-state index contributed by atoms with van der Waals surface area (Å²) in [5.74, 6) is -0.565. The maximum Gasteiger partial charge on any atom is 0.307 e. The SMILES string of the molecule is COc1ncccc1C1C(C(=O)O)C1(C)C. The molecule has 1 N–H and O–H groups in total. The van der Waals surface area contributed by atoms with Gasteiger partial charge in [0.05, 0.1) is 13.0 Å². The molecule has 86 valence electrons. The van der Waals surface area contributed by atoms with Crippen LogP contribution in [0.2, 0.25) is 0 Å². The lowest BCUT2D eigenvalue weighted by Crippen LogP contribution is -2.03. The van der Waals surface area contributed by atoms with Gasteiger partial charge in [-0.1, -0.05) is 19.9 Å². The van der Waals surface area contributed by atoms with E-state index in [0.29, 0.717) is 5.88 Å². The van der Waals surface area contributed by atoms with Crippen molar-refractivity contribution in [1.29, 1.82) is 0 Å². The van der Waals surface area contributed by atoms with Gasteiger partial charge in [-0.25, -0.2) is 4.98 Å². The van der Waals surface area contributed by atoms with Crippen LogP contribution in [0.15, 0.2) is 18.3 Å². The molecule has 1 aromatic heterocycles. The van der Waals surface area contributed by atoms with E-state index in [1.807, 2.05) is 26.0 Å². The zero-order valence-electron chi connectivity index (χ0n) is 9.60. The van der Waals surface area contributed by atoms with Crippen molar-refractivity contribution in [3.63, 3.8) is 0 Å². The number of aliphatic carboxylic acids is 1. The fourth-order valence-electron chi connectivity index (χ4n) is 2.49. The van der Waals surface area contributed by atoms with Gasteiger partial charge in [0, 0.05) is 17.7 Å². The second kappa shape index (κ2) is 3.47. The van der Waals surface area contributed by atoms with Crippen LogP contribution < -0.4 is 4.74 Å². The first-order valence-corrected chi connectivity index (χ1v) is 5.22. The second-order valence-electron chi connectivity index (χ2n) is 4.72. The van der Waals surface area contributed by atoms with Gasteiger partial charge in [0.15, 0.2) is 0 Å². The Balaban J connectivity index is 2.37. The summed E-state index contributed by atoms with van der Waals surface area (Å²) >= 11 is 0. The Hall–Kier alpha value is -1.58. The third kappa shape index (κ3) is 1.45. The van der Waals surface area contributed by atoms with Gasteiger partial charge in [-0.3, -0.25) is 4.79 Å². The molecule has 1 aliphatic rings. The number of hydrogen-bond donors (Lipinski definition) is 1. The molecule has 0 aromatic carbocycles. The van der Waals surface area contributed by atoms with Crippen molar-refractivity contribution in [3.8, 4) is 5.88 Å². The Kier molecular flexibility index (Phi) is 2.37. The molecular weight excluding hydrogens is 206 g/mol. The molecule has 4 nitrogen and oxygen atoms in total. The lowest BCUT2D eigenvalue weighted by molar-refractivity contribution is -0.139. The normalized spacial score (nSPS) is 26.2. The van der Waals surface area contributed by atoms with E-state index in [0.717, 1.165) is 5.56 Å². The lowest BCUT2D eigenvalue weighted by atomic mass is 10.0. The monoisotopic (exact) mass is 221 g/mol. The fourth-order valence-corrected chi connectivity index (χ4v) is 2.49. The van der Waals surface area contributed by atoms with Crippen LogP contribution in [0.25, 0.3) is 0 Å². The first-order valence-electron chi connectivity index (χ1n) is 5.22. The van der Waals surface area contributed by atoms with E-state index < -0.39 is 5.97 Å². The maximum absolute atomic E-state index is 11.1. The van der Waals surface area contributed by atoms with E-state index in [-0.39, 0.29) is 17.3 Å². The summed E-state index contributed by atoms with van der Waals surface area (Å²) in [5.41, 5.74) is 0.671. The highest BCUT2D eigenvalue weighted by Gasteiger charge is 2.63. The van der Waals surface area contributed by atoms with Crippen LogP contribution in [-0.4, -0.2) is 23.2 Å². The molecule has 1 saturated carbocycles. The van der Waals surface area contributed by atoms with Gasteiger partial charge in [0.2, 0.25) is 5.88 Å². The molecule has 1 aromatic rings. The molecule has 2 unspecified atom stereocenters. The van der Waals surface area contributed by atoms with Gasteiger partial charge >= 0.3 is 5.97 Å². The number of hydrogen-bond acceptors (Lipinski definition) is 3. The van der Waals surface area contributed by atoms with Crippen LogP contribution in [-0.2, 0) is 4.79 Å². The summed E-state index contributed by atoms with van der Waals surface area (Å²) in [7, 11) is 1.55. The largest absolute Gasteiger partial charge is 0.481 e. The van der Waals surface area contributed by atoms with E-state index in [2.05, 4.69) is 4.98 Å². The van der Waals surface area contributed by atoms with E-state index in [1.54, 1.807) is 13.3 Å². The summed E-state index contributed by atoms with van der Waals surface area (Å²) in [6.07, 6.45) is 1.65. The highest BCUT2D eigenvalue weighted by molar-refractivity contribution is 5.77. The highest BCUT2D eigenvalue weighted by Crippen LogP contribution is 2.65. The maximum atomic E-state index is 11.1. The number of carboxylic acid groups (broad SMARTS) is 1.